The average molecular weight is 388 g/mol. The predicted octanol–water partition coefficient (Wildman–Crippen LogP) is 6.08. The summed E-state index contributed by atoms with van der Waals surface area (Å²) in [6.07, 6.45) is 15.0. The first-order valence-electron chi connectivity index (χ1n) is 12.2. The summed E-state index contributed by atoms with van der Waals surface area (Å²) >= 11 is 0. The summed E-state index contributed by atoms with van der Waals surface area (Å²) in [6, 6.07) is 0. The van der Waals surface area contributed by atoms with Crippen molar-refractivity contribution in [2.75, 3.05) is 0 Å². The molecule has 8 atom stereocenters. The highest BCUT2D eigenvalue weighted by Gasteiger charge is 2.59. The Balaban J connectivity index is 1.52. The maximum Gasteiger partial charge on any atom is 0.0577 e. The Kier molecular flexibility index (Phi) is 5.32. The van der Waals surface area contributed by atoms with Gasteiger partial charge < -0.3 is 10.8 Å². The molecule has 0 bridgehead atoms. The monoisotopic (exact) mass is 387 g/mol. The van der Waals surface area contributed by atoms with Gasteiger partial charge >= 0.3 is 0 Å². The van der Waals surface area contributed by atoms with Gasteiger partial charge in [-0.05, 0) is 118 Å². The number of aliphatic hydroxyl groups is 1. The van der Waals surface area contributed by atoms with Crippen LogP contribution < -0.4 is 5.73 Å². The molecule has 0 amide bonds. The Bertz CT molecular complexity index is 618. The molecule has 0 aromatic rings. The van der Waals surface area contributed by atoms with E-state index in [-0.39, 0.29) is 11.6 Å². The fraction of sp³-hybridized carbons (Fsp3) is 0.923. The van der Waals surface area contributed by atoms with Crippen LogP contribution >= 0.6 is 0 Å². The molecular formula is C26H45NO. The van der Waals surface area contributed by atoms with E-state index in [9.17, 15) is 5.11 Å². The largest absolute Gasteiger partial charge is 0.393 e. The lowest BCUT2D eigenvalue weighted by Crippen LogP contribution is -2.50. The topological polar surface area (TPSA) is 46.2 Å². The Morgan fingerprint density at radius 2 is 1.89 bits per heavy atom. The molecule has 4 aliphatic carbocycles. The Morgan fingerprint density at radius 1 is 1.14 bits per heavy atom. The van der Waals surface area contributed by atoms with E-state index in [0.717, 1.165) is 48.9 Å². The van der Waals surface area contributed by atoms with Crippen LogP contribution in [0.5, 0.6) is 0 Å². The average Bonchev–Trinajstić information content (AvgIpc) is 2.97. The van der Waals surface area contributed by atoms with Crippen molar-refractivity contribution in [3.05, 3.63) is 11.6 Å². The van der Waals surface area contributed by atoms with Crippen molar-refractivity contribution in [1.82, 2.24) is 0 Å². The maximum absolute atomic E-state index is 10.2. The number of fused-ring (bicyclic) bond motifs is 5. The molecule has 3 saturated carbocycles. The highest BCUT2D eigenvalue weighted by atomic mass is 16.3. The zero-order valence-electron chi connectivity index (χ0n) is 19.1. The Labute approximate surface area is 173 Å². The minimum absolute atomic E-state index is 0.0322. The van der Waals surface area contributed by atoms with Crippen molar-refractivity contribution in [2.24, 2.45) is 46.2 Å². The lowest BCUT2D eigenvalue weighted by Gasteiger charge is -2.58. The maximum atomic E-state index is 10.2. The van der Waals surface area contributed by atoms with Gasteiger partial charge in [0.2, 0.25) is 0 Å². The van der Waals surface area contributed by atoms with Crippen LogP contribution in [0.2, 0.25) is 0 Å². The summed E-state index contributed by atoms with van der Waals surface area (Å²) in [7, 11) is 0. The lowest BCUT2D eigenvalue weighted by molar-refractivity contribution is -0.0574. The molecule has 0 heterocycles. The zero-order chi connectivity index (χ0) is 20.3. The van der Waals surface area contributed by atoms with Crippen LogP contribution in [0.15, 0.2) is 11.6 Å². The molecule has 3 fully saturated rings. The molecule has 0 aromatic heterocycles. The first kappa shape index (κ1) is 20.9. The quantitative estimate of drug-likeness (QED) is 0.574. The minimum Gasteiger partial charge on any atom is -0.393 e. The van der Waals surface area contributed by atoms with Crippen molar-refractivity contribution in [1.29, 1.82) is 0 Å². The number of nitrogens with two attached hydrogens (primary N) is 1. The number of hydrogen-bond acceptors (Lipinski definition) is 2. The van der Waals surface area contributed by atoms with Gasteiger partial charge in [-0.2, -0.15) is 0 Å². The summed E-state index contributed by atoms with van der Waals surface area (Å²) in [4.78, 5) is 0. The third kappa shape index (κ3) is 3.41. The van der Waals surface area contributed by atoms with Crippen LogP contribution in [0.4, 0.5) is 0 Å². The first-order valence-corrected chi connectivity index (χ1v) is 12.2. The van der Waals surface area contributed by atoms with Crippen molar-refractivity contribution in [3.63, 3.8) is 0 Å². The molecule has 0 saturated heterocycles. The fourth-order valence-corrected chi connectivity index (χ4v) is 8.42. The van der Waals surface area contributed by atoms with Gasteiger partial charge in [-0.25, -0.2) is 0 Å². The van der Waals surface area contributed by atoms with Gasteiger partial charge in [0.25, 0.3) is 0 Å². The van der Waals surface area contributed by atoms with E-state index in [1.165, 1.54) is 44.9 Å². The van der Waals surface area contributed by atoms with Gasteiger partial charge in [0.1, 0.15) is 0 Å². The summed E-state index contributed by atoms with van der Waals surface area (Å²) < 4.78 is 0. The van der Waals surface area contributed by atoms with Crippen LogP contribution in [0.3, 0.4) is 0 Å². The molecular weight excluding hydrogens is 342 g/mol. The summed E-state index contributed by atoms with van der Waals surface area (Å²) in [5.74, 6) is 4.32. The van der Waals surface area contributed by atoms with Crippen molar-refractivity contribution in [2.45, 2.75) is 110 Å². The van der Waals surface area contributed by atoms with Crippen LogP contribution in [0.25, 0.3) is 0 Å². The SMILES string of the molecule is C[C@H](CCC(C)(C)N)[C@H]1CC[C@H]2[C@@H]3CC=C4C[C@@H](O)CC[C@]4(C)[C@H]3CC[C@]12C. The molecule has 28 heavy (non-hydrogen) atoms. The molecule has 0 radical (unpaired) electrons. The number of rotatable bonds is 4. The highest BCUT2D eigenvalue weighted by molar-refractivity contribution is 5.25. The molecule has 2 heteroatoms. The van der Waals surface area contributed by atoms with Crippen LogP contribution in [0.1, 0.15) is 98.8 Å². The molecule has 0 aromatic carbocycles. The molecule has 3 N–H and O–H groups in total. The fourth-order valence-electron chi connectivity index (χ4n) is 8.42. The lowest BCUT2D eigenvalue weighted by atomic mass is 9.47. The molecule has 0 spiro atoms. The second-order valence-corrected chi connectivity index (χ2v) is 12.4. The van der Waals surface area contributed by atoms with E-state index in [4.69, 9.17) is 5.73 Å². The summed E-state index contributed by atoms with van der Waals surface area (Å²) in [5.41, 5.74) is 8.77. The summed E-state index contributed by atoms with van der Waals surface area (Å²) in [5, 5.41) is 10.2. The van der Waals surface area contributed by atoms with E-state index in [1.54, 1.807) is 5.57 Å². The van der Waals surface area contributed by atoms with Gasteiger partial charge in [0, 0.05) is 5.54 Å². The van der Waals surface area contributed by atoms with Gasteiger partial charge in [-0.3, -0.25) is 0 Å². The number of aliphatic hydroxyl groups excluding tert-OH is 1. The number of allylic oxidation sites excluding steroid dienone is 1. The molecule has 4 aliphatic rings. The third-order valence-electron chi connectivity index (χ3n) is 10.1. The standard InChI is InChI=1S/C26H45NO/c1-17(10-13-24(2,3)27)21-8-9-22-20-7-6-18-16-19(28)11-14-25(18,4)23(20)12-15-26(21,22)5/h6,17,19-23,28H,7-16,27H2,1-5H3/t17-,19+,20+,21-,22+,23+,25+,26-/m1/s1. The molecule has 0 aliphatic heterocycles. The van der Waals surface area contributed by atoms with Gasteiger partial charge in [-0.15, -0.1) is 0 Å². The van der Waals surface area contributed by atoms with Crippen LogP contribution in [-0.4, -0.2) is 16.7 Å². The van der Waals surface area contributed by atoms with E-state index in [0.29, 0.717) is 10.8 Å². The van der Waals surface area contributed by atoms with Gasteiger partial charge in [-0.1, -0.05) is 32.4 Å². The minimum atomic E-state index is -0.0896. The van der Waals surface area contributed by atoms with Crippen LogP contribution in [-0.2, 0) is 0 Å². The smallest absolute Gasteiger partial charge is 0.0577 e. The number of hydrogen-bond donors (Lipinski definition) is 2. The van der Waals surface area contributed by atoms with Crippen molar-refractivity contribution >= 4 is 0 Å². The zero-order valence-corrected chi connectivity index (χ0v) is 19.1. The van der Waals surface area contributed by atoms with Crippen molar-refractivity contribution in [3.8, 4) is 0 Å². The van der Waals surface area contributed by atoms with Gasteiger partial charge in [0.05, 0.1) is 6.10 Å². The second-order valence-electron chi connectivity index (χ2n) is 12.4. The van der Waals surface area contributed by atoms with E-state index in [1.807, 2.05) is 0 Å². The van der Waals surface area contributed by atoms with Crippen molar-refractivity contribution < 1.29 is 5.11 Å². The van der Waals surface area contributed by atoms with E-state index < -0.39 is 0 Å². The summed E-state index contributed by atoms with van der Waals surface area (Å²) in [6.45, 7) is 12.1. The highest BCUT2D eigenvalue weighted by Crippen LogP contribution is 2.67. The third-order valence-corrected chi connectivity index (χ3v) is 10.1. The molecule has 160 valence electrons. The van der Waals surface area contributed by atoms with E-state index in [2.05, 4.69) is 40.7 Å². The molecule has 4 rings (SSSR count). The van der Waals surface area contributed by atoms with Crippen LogP contribution in [0, 0.1) is 40.4 Å². The first-order chi connectivity index (χ1) is 13.0. The van der Waals surface area contributed by atoms with E-state index >= 15 is 0 Å². The Hall–Kier alpha value is -0.340. The normalized spacial score (nSPS) is 47.0. The second kappa shape index (κ2) is 7.12. The molecule has 0 unspecified atom stereocenters. The predicted molar refractivity (Wildman–Crippen MR) is 118 cm³/mol. The van der Waals surface area contributed by atoms with Gasteiger partial charge in [0.15, 0.2) is 0 Å². The Morgan fingerprint density at radius 3 is 2.61 bits per heavy atom. The molecule has 2 nitrogen and oxygen atoms in total.